The summed E-state index contributed by atoms with van der Waals surface area (Å²) in [7, 11) is 0. The van der Waals surface area contributed by atoms with E-state index in [1.807, 2.05) is 47.2 Å². The third kappa shape index (κ3) is 3.31. The monoisotopic (exact) mass is 285 g/mol. The van der Waals surface area contributed by atoms with Crippen molar-refractivity contribution < 1.29 is 0 Å². The molecule has 3 rings (SSSR count). The van der Waals surface area contributed by atoms with Crippen LogP contribution in [0.4, 0.5) is 0 Å². The number of imidazole rings is 1. The molecule has 106 valence electrons. The molecule has 0 saturated carbocycles. The van der Waals surface area contributed by atoms with Crippen molar-refractivity contribution in [3.8, 4) is 6.07 Å². The summed E-state index contributed by atoms with van der Waals surface area (Å²) in [5, 5.41) is 9.10. The van der Waals surface area contributed by atoms with Crippen LogP contribution in [0.2, 0.25) is 0 Å². The first-order valence-corrected chi connectivity index (χ1v) is 7.07. The van der Waals surface area contributed by atoms with Gasteiger partial charge in [0.25, 0.3) is 0 Å². The van der Waals surface area contributed by atoms with E-state index in [9.17, 15) is 0 Å². The topological polar surface area (TPSA) is 41.6 Å². The van der Waals surface area contributed by atoms with Crippen molar-refractivity contribution in [2.24, 2.45) is 0 Å². The van der Waals surface area contributed by atoms with Crippen LogP contribution in [0.1, 0.15) is 22.3 Å². The minimum atomic E-state index is 0.673. The van der Waals surface area contributed by atoms with E-state index < -0.39 is 0 Å². The molecular weight excluding hydrogens is 270 g/mol. The highest BCUT2D eigenvalue weighted by Crippen LogP contribution is 2.17. The molecule has 1 heterocycles. The predicted molar refractivity (Wildman–Crippen MR) is 87.9 cm³/mol. The van der Waals surface area contributed by atoms with E-state index in [1.165, 1.54) is 0 Å². The predicted octanol–water partition coefficient (Wildman–Crippen LogP) is 3.97. The quantitative estimate of drug-likeness (QED) is 0.680. The maximum Gasteiger partial charge on any atom is 0.0991 e. The highest BCUT2D eigenvalue weighted by molar-refractivity contribution is 5.71. The molecule has 0 fully saturated rings. The molecule has 0 saturated heterocycles. The zero-order valence-electron chi connectivity index (χ0n) is 12.1. The molecule has 0 radical (unpaired) electrons. The van der Waals surface area contributed by atoms with E-state index in [-0.39, 0.29) is 0 Å². The lowest BCUT2D eigenvalue weighted by Gasteiger charge is -2.08. The Morgan fingerprint density at radius 3 is 2.68 bits per heavy atom. The summed E-state index contributed by atoms with van der Waals surface area (Å²) in [4.78, 5) is 4.06. The highest BCUT2D eigenvalue weighted by atomic mass is 15.0. The summed E-state index contributed by atoms with van der Waals surface area (Å²) < 4.78 is 2.00. The van der Waals surface area contributed by atoms with Gasteiger partial charge in [-0.05, 0) is 28.8 Å². The fourth-order valence-corrected chi connectivity index (χ4v) is 2.30. The molecule has 22 heavy (non-hydrogen) atoms. The Morgan fingerprint density at radius 2 is 1.95 bits per heavy atom. The molecule has 0 atom stereocenters. The SMILES string of the molecule is N#Cc1ccc(/C=C/c2ccccc2)c(Cn2ccnc2)c1. The van der Waals surface area contributed by atoms with E-state index in [0.717, 1.165) is 16.7 Å². The highest BCUT2D eigenvalue weighted by Gasteiger charge is 2.03. The van der Waals surface area contributed by atoms with Gasteiger partial charge in [-0.15, -0.1) is 0 Å². The average molecular weight is 285 g/mol. The maximum absolute atomic E-state index is 9.10. The summed E-state index contributed by atoms with van der Waals surface area (Å²) in [6.45, 7) is 0.698. The van der Waals surface area contributed by atoms with E-state index in [1.54, 1.807) is 12.5 Å². The first kappa shape index (κ1) is 13.8. The van der Waals surface area contributed by atoms with E-state index in [0.29, 0.717) is 12.1 Å². The van der Waals surface area contributed by atoms with Gasteiger partial charge in [0.15, 0.2) is 0 Å². The van der Waals surface area contributed by atoms with Crippen LogP contribution in [0, 0.1) is 11.3 Å². The molecule has 3 heteroatoms. The van der Waals surface area contributed by atoms with Gasteiger partial charge in [0.1, 0.15) is 0 Å². The zero-order valence-corrected chi connectivity index (χ0v) is 12.1. The van der Waals surface area contributed by atoms with Crippen molar-refractivity contribution in [3.05, 3.63) is 89.5 Å². The Labute approximate surface area is 129 Å². The minimum Gasteiger partial charge on any atom is -0.333 e. The summed E-state index contributed by atoms with van der Waals surface area (Å²) in [5.41, 5.74) is 4.04. The van der Waals surface area contributed by atoms with Gasteiger partial charge < -0.3 is 4.57 Å². The Hall–Kier alpha value is -3.12. The second kappa shape index (κ2) is 6.55. The Morgan fingerprint density at radius 1 is 1.09 bits per heavy atom. The van der Waals surface area contributed by atoms with Gasteiger partial charge in [-0.2, -0.15) is 5.26 Å². The van der Waals surface area contributed by atoms with Crippen LogP contribution in [-0.4, -0.2) is 9.55 Å². The van der Waals surface area contributed by atoms with Crippen LogP contribution in [0.5, 0.6) is 0 Å². The lowest BCUT2D eigenvalue weighted by Crippen LogP contribution is -1.99. The molecule has 1 aromatic heterocycles. The molecule has 0 amide bonds. The largest absolute Gasteiger partial charge is 0.333 e. The van der Waals surface area contributed by atoms with E-state index in [2.05, 4.69) is 35.3 Å². The van der Waals surface area contributed by atoms with E-state index in [4.69, 9.17) is 5.26 Å². The number of benzene rings is 2. The third-order valence-corrected chi connectivity index (χ3v) is 3.44. The number of nitrogens with zero attached hydrogens (tertiary/aromatic N) is 3. The number of rotatable bonds is 4. The standard InChI is InChI=1S/C19H15N3/c20-13-17-7-9-18(8-6-16-4-2-1-3-5-16)19(12-17)14-22-11-10-21-15-22/h1-12,15H,14H2/b8-6+. The first-order valence-electron chi connectivity index (χ1n) is 7.07. The normalized spacial score (nSPS) is 10.7. The van der Waals surface area contributed by atoms with Crippen LogP contribution in [0.25, 0.3) is 12.2 Å². The van der Waals surface area contributed by atoms with Crippen molar-refractivity contribution in [1.82, 2.24) is 9.55 Å². The Kier molecular flexibility index (Phi) is 4.12. The molecule has 0 unspecified atom stereocenters. The van der Waals surface area contributed by atoms with Crippen LogP contribution < -0.4 is 0 Å². The number of hydrogen-bond acceptors (Lipinski definition) is 2. The number of aromatic nitrogens is 2. The molecule has 0 aliphatic carbocycles. The van der Waals surface area contributed by atoms with Gasteiger partial charge in [-0.25, -0.2) is 4.98 Å². The molecule has 0 N–H and O–H groups in total. The molecular formula is C19H15N3. The first-order chi connectivity index (χ1) is 10.8. The smallest absolute Gasteiger partial charge is 0.0991 e. The molecule has 0 aliphatic rings. The van der Waals surface area contributed by atoms with Crippen molar-refractivity contribution in [2.75, 3.05) is 0 Å². The number of nitriles is 1. The molecule has 2 aromatic carbocycles. The minimum absolute atomic E-state index is 0.673. The van der Waals surface area contributed by atoms with Gasteiger partial charge in [-0.1, -0.05) is 48.6 Å². The molecule has 0 spiro atoms. The molecule has 0 aliphatic heterocycles. The second-order valence-electron chi connectivity index (χ2n) is 5.00. The van der Waals surface area contributed by atoms with Gasteiger partial charge >= 0.3 is 0 Å². The lowest BCUT2D eigenvalue weighted by molar-refractivity contribution is 0.796. The molecule has 3 aromatic rings. The van der Waals surface area contributed by atoms with Crippen molar-refractivity contribution in [1.29, 1.82) is 5.26 Å². The van der Waals surface area contributed by atoms with Crippen molar-refractivity contribution in [2.45, 2.75) is 6.54 Å². The average Bonchev–Trinajstić information content (AvgIpc) is 3.07. The lowest BCUT2D eigenvalue weighted by atomic mass is 10.0. The maximum atomic E-state index is 9.10. The van der Waals surface area contributed by atoms with Gasteiger partial charge in [-0.3, -0.25) is 0 Å². The Bertz CT molecular complexity index is 810. The van der Waals surface area contributed by atoms with Gasteiger partial charge in [0.05, 0.1) is 18.0 Å². The zero-order chi connectivity index (χ0) is 15.2. The van der Waals surface area contributed by atoms with Crippen molar-refractivity contribution >= 4 is 12.2 Å². The summed E-state index contributed by atoms with van der Waals surface area (Å²) in [6, 6.07) is 18.1. The van der Waals surface area contributed by atoms with E-state index >= 15 is 0 Å². The molecule has 3 nitrogen and oxygen atoms in total. The Balaban J connectivity index is 1.93. The molecule has 0 bridgehead atoms. The van der Waals surface area contributed by atoms with Crippen LogP contribution in [0.15, 0.2) is 67.3 Å². The van der Waals surface area contributed by atoms with Crippen LogP contribution in [-0.2, 0) is 6.54 Å². The second-order valence-corrected chi connectivity index (χ2v) is 5.00. The van der Waals surface area contributed by atoms with Gasteiger partial charge in [0, 0.05) is 18.9 Å². The van der Waals surface area contributed by atoms with Crippen LogP contribution >= 0.6 is 0 Å². The third-order valence-electron chi connectivity index (χ3n) is 3.44. The fraction of sp³-hybridized carbons (Fsp3) is 0.0526. The summed E-state index contributed by atoms with van der Waals surface area (Å²) in [5.74, 6) is 0. The van der Waals surface area contributed by atoms with Gasteiger partial charge in [0.2, 0.25) is 0 Å². The van der Waals surface area contributed by atoms with Crippen LogP contribution in [0.3, 0.4) is 0 Å². The van der Waals surface area contributed by atoms with Crippen molar-refractivity contribution in [3.63, 3.8) is 0 Å². The number of hydrogen-bond donors (Lipinski definition) is 0. The fourth-order valence-electron chi connectivity index (χ4n) is 2.30. The summed E-state index contributed by atoms with van der Waals surface area (Å²) in [6.07, 6.45) is 9.63. The summed E-state index contributed by atoms with van der Waals surface area (Å²) >= 11 is 0.